The summed E-state index contributed by atoms with van der Waals surface area (Å²) in [6, 6.07) is 0. The molecule has 1 aliphatic rings. The molecule has 1 rings (SSSR count). The van der Waals surface area contributed by atoms with E-state index in [0.29, 0.717) is 0 Å². The molecule has 0 bridgehead atoms. The van der Waals surface area contributed by atoms with Crippen LogP contribution in [0.3, 0.4) is 0 Å². The second-order valence-corrected chi connectivity index (χ2v) is 15.5. The molecule has 21 heavy (non-hydrogen) atoms. The molecule has 1 unspecified atom stereocenters. The van der Waals surface area contributed by atoms with E-state index in [-0.39, 0.29) is 15.4 Å². The Labute approximate surface area is 134 Å². The van der Waals surface area contributed by atoms with Crippen LogP contribution in [0, 0.1) is 0 Å². The number of nitrogens with zero attached hydrogens (tertiary/aromatic N) is 1. The number of hydrogen-bond donors (Lipinski definition) is 0. The second-order valence-electron chi connectivity index (χ2n) is 8.91. The summed E-state index contributed by atoms with van der Waals surface area (Å²) in [5.74, 6) is 0. The third-order valence-electron chi connectivity index (χ3n) is 4.43. The third-order valence-corrected chi connectivity index (χ3v) is 10.5. The summed E-state index contributed by atoms with van der Waals surface area (Å²) in [6.45, 7) is 19.3. The first kappa shape index (κ1) is 19.0. The highest BCUT2D eigenvalue weighted by Gasteiger charge is 2.51. The van der Waals surface area contributed by atoms with Gasteiger partial charge >= 0.3 is 0 Å². The first-order valence-corrected chi connectivity index (χ1v) is 11.9. The zero-order valence-electron chi connectivity index (χ0n) is 15.3. The Hall–Kier alpha value is -0.00312. The van der Waals surface area contributed by atoms with E-state index >= 15 is 0 Å². The van der Waals surface area contributed by atoms with Crippen LogP contribution >= 0.6 is 0 Å². The maximum Gasteiger partial charge on any atom is 0.192 e. The first-order valence-electron chi connectivity index (χ1n) is 7.85. The SMILES string of the molecule is CC(CC1(O[Si](C)(C)C(C)(C)C)CC1)=NS(=O)C(C)(C)C. The maximum absolute atomic E-state index is 12.1. The molecule has 124 valence electrons. The fraction of sp³-hybridized carbons (Fsp3) is 0.938. The molecule has 0 amide bonds. The smallest absolute Gasteiger partial charge is 0.192 e. The lowest BCUT2D eigenvalue weighted by Gasteiger charge is -2.39. The lowest BCUT2D eigenvalue weighted by atomic mass is 10.2. The normalized spacial score (nSPS) is 21.3. The molecular weight excluding hydrogens is 298 g/mol. The summed E-state index contributed by atoms with van der Waals surface area (Å²) in [5.41, 5.74) is 0.929. The molecule has 0 spiro atoms. The molecule has 1 saturated carbocycles. The molecule has 0 N–H and O–H groups in total. The van der Waals surface area contributed by atoms with Gasteiger partial charge in [0.2, 0.25) is 0 Å². The van der Waals surface area contributed by atoms with E-state index in [1.54, 1.807) is 0 Å². The lowest BCUT2D eigenvalue weighted by Crippen LogP contribution is -2.45. The summed E-state index contributed by atoms with van der Waals surface area (Å²) in [4.78, 5) is 0. The minimum atomic E-state index is -1.75. The van der Waals surface area contributed by atoms with Crippen molar-refractivity contribution < 1.29 is 8.63 Å². The van der Waals surface area contributed by atoms with Crippen LogP contribution in [0.15, 0.2) is 4.40 Å². The van der Waals surface area contributed by atoms with Gasteiger partial charge in [-0.1, -0.05) is 20.8 Å². The van der Waals surface area contributed by atoms with E-state index in [9.17, 15) is 4.21 Å². The van der Waals surface area contributed by atoms with E-state index in [1.165, 1.54) is 0 Å². The maximum atomic E-state index is 12.1. The van der Waals surface area contributed by atoms with Gasteiger partial charge in [-0.3, -0.25) is 0 Å². The van der Waals surface area contributed by atoms with Gasteiger partial charge in [-0.2, -0.15) is 4.40 Å². The van der Waals surface area contributed by atoms with Crippen molar-refractivity contribution in [3.8, 4) is 0 Å². The van der Waals surface area contributed by atoms with Crippen molar-refractivity contribution in [3.63, 3.8) is 0 Å². The molecular formula is C16H33NO2SSi. The van der Waals surface area contributed by atoms with Crippen molar-refractivity contribution >= 4 is 25.0 Å². The van der Waals surface area contributed by atoms with Gasteiger partial charge in [0.1, 0.15) is 11.0 Å². The van der Waals surface area contributed by atoms with Crippen LogP contribution < -0.4 is 0 Å². The highest BCUT2D eigenvalue weighted by Crippen LogP contribution is 2.49. The van der Waals surface area contributed by atoms with E-state index in [2.05, 4.69) is 38.3 Å². The van der Waals surface area contributed by atoms with Gasteiger partial charge in [0, 0.05) is 12.1 Å². The molecule has 0 aromatic rings. The highest BCUT2D eigenvalue weighted by molar-refractivity contribution is 7.85. The summed E-state index contributed by atoms with van der Waals surface area (Å²) >= 11 is 0. The average Bonchev–Trinajstić information content (AvgIpc) is 2.92. The fourth-order valence-electron chi connectivity index (χ4n) is 1.93. The standard InChI is InChI=1S/C16H33NO2SSi/c1-13(17-20(18)14(2,3)4)12-16(10-11-16)19-21(8,9)15(5,6)7/h10-12H2,1-9H3. The molecule has 5 heteroatoms. The summed E-state index contributed by atoms with van der Waals surface area (Å²) in [7, 11) is -2.92. The van der Waals surface area contributed by atoms with Crippen LogP contribution in [0.1, 0.15) is 67.7 Å². The van der Waals surface area contributed by atoms with Crippen molar-refractivity contribution in [1.82, 2.24) is 0 Å². The van der Waals surface area contributed by atoms with E-state index in [1.807, 2.05) is 27.7 Å². The quantitative estimate of drug-likeness (QED) is 0.533. The lowest BCUT2D eigenvalue weighted by molar-refractivity contribution is 0.165. The number of rotatable bonds is 5. The first-order chi connectivity index (χ1) is 9.19. The monoisotopic (exact) mass is 331 g/mol. The van der Waals surface area contributed by atoms with Crippen molar-refractivity contribution in [1.29, 1.82) is 0 Å². The molecule has 1 fully saturated rings. The fourth-order valence-corrected chi connectivity index (χ4v) is 4.21. The zero-order chi connectivity index (χ0) is 16.7. The Morgan fingerprint density at radius 3 is 2.00 bits per heavy atom. The zero-order valence-corrected chi connectivity index (χ0v) is 17.1. The predicted molar refractivity (Wildman–Crippen MR) is 95.9 cm³/mol. The van der Waals surface area contributed by atoms with Gasteiger partial charge < -0.3 is 4.43 Å². The topological polar surface area (TPSA) is 38.7 Å². The van der Waals surface area contributed by atoms with Gasteiger partial charge in [0.15, 0.2) is 8.32 Å². The van der Waals surface area contributed by atoms with Crippen molar-refractivity contribution in [2.75, 3.05) is 0 Å². The molecule has 0 heterocycles. The minimum Gasteiger partial charge on any atom is -0.411 e. The van der Waals surface area contributed by atoms with Gasteiger partial charge in [0.05, 0.1) is 10.3 Å². The van der Waals surface area contributed by atoms with Gasteiger partial charge in [-0.25, -0.2) is 4.21 Å². The Balaban J connectivity index is 2.75. The van der Waals surface area contributed by atoms with Crippen LogP contribution in [-0.4, -0.2) is 28.6 Å². The molecule has 3 nitrogen and oxygen atoms in total. The van der Waals surface area contributed by atoms with Crippen LogP contribution in [0.2, 0.25) is 18.1 Å². The summed E-state index contributed by atoms with van der Waals surface area (Å²) in [5, 5.41) is 0.224. The van der Waals surface area contributed by atoms with E-state index in [4.69, 9.17) is 4.43 Å². The Morgan fingerprint density at radius 2 is 1.67 bits per heavy atom. The molecule has 0 saturated heterocycles. The van der Waals surface area contributed by atoms with E-state index in [0.717, 1.165) is 25.0 Å². The molecule has 0 aromatic heterocycles. The van der Waals surface area contributed by atoms with Crippen LogP contribution in [0.4, 0.5) is 0 Å². The largest absolute Gasteiger partial charge is 0.411 e. The van der Waals surface area contributed by atoms with Crippen molar-refractivity contribution in [2.24, 2.45) is 4.40 Å². The molecule has 1 aliphatic carbocycles. The summed E-state index contributed by atoms with van der Waals surface area (Å²) in [6.07, 6.45) is 3.03. The molecule has 0 aliphatic heterocycles. The van der Waals surface area contributed by atoms with Crippen LogP contribution in [0.5, 0.6) is 0 Å². The minimum absolute atomic E-state index is 0.0291. The predicted octanol–water partition coefficient (Wildman–Crippen LogP) is 4.85. The van der Waals surface area contributed by atoms with Crippen molar-refractivity contribution in [2.45, 2.75) is 96.2 Å². The Morgan fingerprint density at radius 1 is 1.19 bits per heavy atom. The Kier molecular flexibility index (Phi) is 5.34. The van der Waals surface area contributed by atoms with Crippen molar-refractivity contribution in [3.05, 3.63) is 0 Å². The third kappa shape index (κ3) is 5.29. The molecule has 1 atom stereocenters. The molecule has 0 aromatic carbocycles. The Bertz CT molecular complexity index is 440. The average molecular weight is 332 g/mol. The van der Waals surface area contributed by atoms with Crippen LogP contribution in [0.25, 0.3) is 0 Å². The number of hydrogen-bond acceptors (Lipinski definition) is 2. The highest BCUT2D eigenvalue weighted by atomic mass is 32.2. The molecule has 0 radical (unpaired) electrons. The second kappa shape index (κ2) is 5.89. The van der Waals surface area contributed by atoms with Gasteiger partial charge in [-0.15, -0.1) is 0 Å². The van der Waals surface area contributed by atoms with Gasteiger partial charge in [-0.05, 0) is 58.7 Å². The summed E-state index contributed by atoms with van der Waals surface area (Å²) < 4.78 is 22.8. The van der Waals surface area contributed by atoms with Crippen LogP contribution in [-0.2, 0) is 15.4 Å². The van der Waals surface area contributed by atoms with Gasteiger partial charge in [0.25, 0.3) is 0 Å². The van der Waals surface area contributed by atoms with E-state index < -0.39 is 19.3 Å².